The molecule has 0 aliphatic heterocycles. The molecule has 0 radical (unpaired) electrons. The summed E-state index contributed by atoms with van der Waals surface area (Å²) < 4.78 is 11.2. The second kappa shape index (κ2) is 8.15. The number of ketones is 1. The number of nitrogens with zero attached hydrogens (tertiary/aromatic N) is 2. The lowest BCUT2D eigenvalue weighted by atomic mass is 10.1. The van der Waals surface area contributed by atoms with E-state index in [1.807, 2.05) is 24.3 Å². The van der Waals surface area contributed by atoms with Crippen LogP contribution in [0.5, 0.6) is 11.5 Å². The Morgan fingerprint density at radius 1 is 1.00 bits per heavy atom. The van der Waals surface area contributed by atoms with Crippen molar-refractivity contribution < 1.29 is 18.9 Å². The molecule has 0 spiro atoms. The van der Waals surface area contributed by atoms with E-state index in [1.54, 1.807) is 24.3 Å². The minimum absolute atomic E-state index is 0.00487. The number of rotatable bonds is 7. The van der Waals surface area contributed by atoms with Crippen molar-refractivity contribution in [3.8, 4) is 11.5 Å². The first kappa shape index (κ1) is 18.7. The zero-order chi connectivity index (χ0) is 20.2. The number of thioether (sulfide) groups is 1. The van der Waals surface area contributed by atoms with Crippen LogP contribution in [0.2, 0.25) is 0 Å². The Balaban J connectivity index is 1.36. The normalized spacial score (nSPS) is 10.8. The van der Waals surface area contributed by atoms with Crippen LogP contribution in [0.4, 0.5) is 5.69 Å². The Morgan fingerprint density at radius 3 is 2.31 bits per heavy atom. The fourth-order valence-corrected chi connectivity index (χ4v) is 3.34. The summed E-state index contributed by atoms with van der Waals surface area (Å²) in [5.41, 5.74) is 1.99. The van der Waals surface area contributed by atoms with E-state index in [1.165, 1.54) is 36.0 Å². The summed E-state index contributed by atoms with van der Waals surface area (Å²) in [6.45, 7) is 0. The first-order valence-corrected chi connectivity index (χ1v) is 9.61. The summed E-state index contributed by atoms with van der Waals surface area (Å²) in [6, 6.07) is 19.9. The second-order valence-corrected chi connectivity index (χ2v) is 6.96. The number of hydrogen-bond donors (Lipinski definition) is 0. The number of oxazole rings is 1. The number of non-ortho nitro benzene ring substituents is 1. The number of hydrogen-bond acceptors (Lipinski definition) is 7. The molecule has 1 heterocycles. The molecule has 0 saturated carbocycles. The maximum absolute atomic E-state index is 12.4. The number of nitro benzene ring substituents is 1. The molecular weight excluding hydrogens is 392 g/mol. The van der Waals surface area contributed by atoms with Crippen LogP contribution in [0.15, 0.2) is 82.4 Å². The number of carbonyl (C=O) groups is 1. The SMILES string of the molecule is O=C(CSc1nc2ccccc2o1)c1ccc(Oc2ccc([N+](=O)[O-])cc2)cc1. The third kappa shape index (κ3) is 4.44. The van der Waals surface area contributed by atoms with Crippen molar-refractivity contribution in [2.75, 3.05) is 5.75 Å². The molecule has 4 rings (SSSR count). The quantitative estimate of drug-likeness (QED) is 0.173. The maximum atomic E-state index is 12.4. The molecule has 8 heteroatoms. The van der Waals surface area contributed by atoms with E-state index >= 15 is 0 Å². The van der Waals surface area contributed by atoms with Crippen molar-refractivity contribution in [2.45, 2.75) is 5.22 Å². The van der Waals surface area contributed by atoms with Crippen LogP contribution in [0, 0.1) is 10.1 Å². The molecule has 0 aliphatic carbocycles. The molecule has 0 aliphatic rings. The van der Waals surface area contributed by atoms with Crippen molar-refractivity contribution in [3.05, 3.63) is 88.5 Å². The number of para-hydroxylation sites is 2. The number of ether oxygens (including phenoxy) is 1. The Kier molecular flexibility index (Phi) is 5.26. The number of aromatic nitrogens is 1. The summed E-state index contributed by atoms with van der Waals surface area (Å²) >= 11 is 1.25. The van der Waals surface area contributed by atoms with E-state index < -0.39 is 4.92 Å². The van der Waals surface area contributed by atoms with Crippen molar-refractivity contribution in [2.24, 2.45) is 0 Å². The lowest BCUT2D eigenvalue weighted by Gasteiger charge is -2.06. The van der Waals surface area contributed by atoms with Crippen LogP contribution in [0.1, 0.15) is 10.4 Å². The number of benzene rings is 3. The minimum atomic E-state index is -0.469. The van der Waals surface area contributed by atoms with Gasteiger partial charge < -0.3 is 9.15 Å². The monoisotopic (exact) mass is 406 g/mol. The average Bonchev–Trinajstić information content (AvgIpc) is 3.16. The topological polar surface area (TPSA) is 95.5 Å². The van der Waals surface area contributed by atoms with Gasteiger partial charge in [0.25, 0.3) is 10.9 Å². The standard InChI is InChI=1S/C21H14N2O5S/c24-19(13-29-21-22-18-3-1-2-4-20(18)28-21)14-5-9-16(10-6-14)27-17-11-7-15(8-12-17)23(25)26/h1-12H,13H2. The smallest absolute Gasteiger partial charge is 0.269 e. The van der Waals surface area contributed by atoms with Gasteiger partial charge in [0.15, 0.2) is 11.4 Å². The van der Waals surface area contributed by atoms with Crippen LogP contribution in [-0.4, -0.2) is 21.4 Å². The van der Waals surface area contributed by atoms with E-state index in [-0.39, 0.29) is 17.2 Å². The average molecular weight is 406 g/mol. The zero-order valence-corrected chi connectivity index (χ0v) is 15.8. The summed E-state index contributed by atoms with van der Waals surface area (Å²) in [7, 11) is 0. The first-order valence-electron chi connectivity index (χ1n) is 8.62. The molecule has 7 nitrogen and oxygen atoms in total. The number of nitro groups is 1. The van der Waals surface area contributed by atoms with E-state index in [0.717, 1.165) is 5.52 Å². The highest BCUT2D eigenvalue weighted by molar-refractivity contribution is 7.99. The van der Waals surface area contributed by atoms with Gasteiger partial charge in [-0.25, -0.2) is 4.98 Å². The van der Waals surface area contributed by atoms with Gasteiger partial charge in [0, 0.05) is 17.7 Å². The zero-order valence-electron chi connectivity index (χ0n) is 15.0. The molecule has 0 N–H and O–H groups in total. The van der Waals surface area contributed by atoms with E-state index in [0.29, 0.717) is 27.9 Å². The summed E-state index contributed by atoms with van der Waals surface area (Å²) in [5, 5.41) is 11.1. The lowest BCUT2D eigenvalue weighted by Crippen LogP contribution is -2.02. The molecule has 0 bridgehead atoms. The molecule has 3 aromatic carbocycles. The van der Waals surface area contributed by atoms with Gasteiger partial charge in [0.1, 0.15) is 17.0 Å². The van der Waals surface area contributed by atoms with Crippen molar-refractivity contribution >= 4 is 34.3 Å². The Hall–Kier alpha value is -3.65. The van der Waals surface area contributed by atoms with Crippen LogP contribution < -0.4 is 4.74 Å². The van der Waals surface area contributed by atoms with E-state index in [4.69, 9.17) is 9.15 Å². The summed E-state index contributed by atoms with van der Waals surface area (Å²) in [4.78, 5) is 27.0. The van der Waals surface area contributed by atoms with Crippen LogP contribution in [0.25, 0.3) is 11.1 Å². The highest BCUT2D eigenvalue weighted by Crippen LogP contribution is 2.26. The van der Waals surface area contributed by atoms with Gasteiger partial charge >= 0.3 is 0 Å². The summed E-state index contributed by atoms with van der Waals surface area (Å²) in [5.74, 6) is 1.15. The number of fused-ring (bicyclic) bond motifs is 1. The molecule has 0 fully saturated rings. The van der Waals surface area contributed by atoms with E-state index in [2.05, 4.69) is 4.98 Å². The van der Waals surface area contributed by atoms with Gasteiger partial charge in [-0.1, -0.05) is 23.9 Å². The molecule has 29 heavy (non-hydrogen) atoms. The van der Waals surface area contributed by atoms with Crippen molar-refractivity contribution in [1.82, 2.24) is 4.98 Å². The second-order valence-electron chi connectivity index (χ2n) is 6.04. The van der Waals surface area contributed by atoms with E-state index in [9.17, 15) is 14.9 Å². The number of carbonyl (C=O) groups excluding carboxylic acids is 1. The van der Waals surface area contributed by atoms with Crippen LogP contribution in [0.3, 0.4) is 0 Å². The predicted molar refractivity (Wildman–Crippen MR) is 109 cm³/mol. The fourth-order valence-electron chi connectivity index (χ4n) is 2.60. The molecule has 1 aromatic heterocycles. The molecule has 0 amide bonds. The molecule has 144 valence electrons. The van der Waals surface area contributed by atoms with Gasteiger partial charge in [-0.2, -0.15) is 0 Å². The Labute approximate surface area is 169 Å². The molecule has 4 aromatic rings. The molecule has 0 saturated heterocycles. The highest BCUT2D eigenvalue weighted by Gasteiger charge is 2.11. The third-order valence-electron chi connectivity index (χ3n) is 4.06. The lowest BCUT2D eigenvalue weighted by molar-refractivity contribution is -0.384. The van der Waals surface area contributed by atoms with Gasteiger partial charge in [0.2, 0.25) is 0 Å². The Bertz CT molecular complexity index is 1140. The minimum Gasteiger partial charge on any atom is -0.457 e. The van der Waals surface area contributed by atoms with Crippen molar-refractivity contribution in [1.29, 1.82) is 0 Å². The highest BCUT2D eigenvalue weighted by atomic mass is 32.2. The van der Waals surface area contributed by atoms with Gasteiger partial charge in [-0.05, 0) is 48.5 Å². The maximum Gasteiger partial charge on any atom is 0.269 e. The third-order valence-corrected chi connectivity index (χ3v) is 4.89. The summed E-state index contributed by atoms with van der Waals surface area (Å²) in [6.07, 6.45) is 0. The van der Waals surface area contributed by atoms with Crippen LogP contribution in [-0.2, 0) is 0 Å². The predicted octanol–water partition coefficient (Wildman–Crippen LogP) is 5.50. The Morgan fingerprint density at radius 2 is 1.66 bits per heavy atom. The molecular formula is C21H14N2O5S. The first-order chi connectivity index (χ1) is 14.1. The fraction of sp³-hybridized carbons (Fsp3) is 0.0476. The van der Waals surface area contributed by atoms with Gasteiger partial charge in [-0.3, -0.25) is 14.9 Å². The molecule has 0 atom stereocenters. The van der Waals surface area contributed by atoms with Crippen LogP contribution >= 0.6 is 11.8 Å². The van der Waals surface area contributed by atoms with Gasteiger partial charge in [-0.15, -0.1) is 0 Å². The van der Waals surface area contributed by atoms with Crippen molar-refractivity contribution in [3.63, 3.8) is 0 Å². The molecule has 0 unspecified atom stereocenters. The van der Waals surface area contributed by atoms with Gasteiger partial charge in [0.05, 0.1) is 10.7 Å². The number of Topliss-reactive ketones (excluding diaryl/α,β-unsaturated/α-hetero) is 1. The largest absolute Gasteiger partial charge is 0.457 e.